The second-order valence-corrected chi connectivity index (χ2v) is 9.21. The van der Waals surface area contributed by atoms with Crippen LogP contribution in [0.3, 0.4) is 0 Å². The zero-order chi connectivity index (χ0) is 26.6. The van der Waals surface area contributed by atoms with Gasteiger partial charge in [-0.2, -0.15) is 0 Å². The number of hydrogen-bond donors (Lipinski definition) is 3. The Morgan fingerprint density at radius 3 is 2.08 bits per heavy atom. The molecule has 38 heavy (non-hydrogen) atoms. The standard InChI is InChI=1S/C23H31N3O2.C7H6O2.CH4/c1-3-14-24-23(28)19-9-11-20(12-10-19)25(2)22(18-7-5-4-6-8-18)17-26-15-13-21(27)16-26;8-7(9)6-4-2-1-3-5-6;/h4-12,21-22,27H,3,13-17H2,1-2H3,(H,24,28);1-5H,(H,8,9);1H4/t21-,22+;;/m0../s1. The summed E-state index contributed by atoms with van der Waals surface area (Å²) in [4.78, 5) is 26.9. The van der Waals surface area contributed by atoms with E-state index in [0.717, 1.165) is 38.2 Å². The Hall–Kier alpha value is -3.68. The van der Waals surface area contributed by atoms with Crippen LogP contribution in [0.15, 0.2) is 84.9 Å². The van der Waals surface area contributed by atoms with Crippen LogP contribution in [0.5, 0.6) is 0 Å². The van der Waals surface area contributed by atoms with Gasteiger partial charge in [0, 0.05) is 44.5 Å². The van der Waals surface area contributed by atoms with Gasteiger partial charge in [-0.15, -0.1) is 0 Å². The number of likely N-dealkylation sites (N-methyl/N-ethyl adjacent to an activating group) is 1. The molecule has 1 heterocycles. The molecule has 1 fully saturated rings. The first kappa shape index (κ1) is 30.5. The Balaban J connectivity index is 0.000000430. The van der Waals surface area contributed by atoms with E-state index in [2.05, 4.69) is 46.4 Å². The molecule has 0 aliphatic carbocycles. The Bertz CT molecular complexity index is 1110. The van der Waals surface area contributed by atoms with Crippen LogP contribution in [0.4, 0.5) is 5.69 Å². The maximum atomic E-state index is 12.1. The van der Waals surface area contributed by atoms with E-state index in [1.807, 2.05) is 37.3 Å². The lowest BCUT2D eigenvalue weighted by Gasteiger charge is -2.33. The quantitative estimate of drug-likeness (QED) is 0.365. The van der Waals surface area contributed by atoms with Crippen LogP contribution >= 0.6 is 0 Å². The minimum absolute atomic E-state index is 0. The average Bonchev–Trinajstić information content (AvgIpc) is 3.36. The number of amides is 1. The molecule has 0 unspecified atom stereocenters. The highest BCUT2D eigenvalue weighted by molar-refractivity contribution is 5.94. The maximum absolute atomic E-state index is 12.1. The number of carbonyl (C=O) groups is 2. The normalized spacial score (nSPS) is 15.4. The maximum Gasteiger partial charge on any atom is 0.335 e. The molecule has 7 nitrogen and oxygen atoms in total. The molecule has 2 atom stereocenters. The van der Waals surface area contributed by atoms with Gasteiger partial charge in [0.05, 0.1) is 17.7 Å². The fraction of sp³-hybridized carbons (Fsp3) is 0.355. The molecule has 0 saturated carbocycles. The molecule has 4 rings (SSSR count). The number of carboxylic acid groups (broad SMARTS) is 1. The third-order valence-electron chi connectivity index (χ3n) is 6.42. The number of hydrogen-bond acceptors (Lipinski definition) is 5. The highest BCUT2D eigenvalue weighted by atomic mass is 16.4. The number of carboxylic acids is 1. The van der Waals surface area contributed by atoms with Crippen LogP contribution in [0.1, 0.15) is 59.5 Å². The van der Waals surface area contributed by atoms with Gasteiger partial charge in [-0.3, -0.25) is 9.69 Å². The van der Waals surface area contributed by atoms with Crippen molar-refractivity contribution < 1.29 is 19.8 Å². The van der Waals surface area contributed by atoms with E-state index in [9.17, 15) is 14.7 Å². The van der Waals surface area contributed by atoms with Gasteiger partial charge in [0.1, 0.15) is 0 Å². The van der Waals surface area contributed by atoms with E-state index >= 15 is 0 Å². The van der Waals surface area contributed by atoms with Crippen LogP contribution < -0.4 is 10.2 Å². The number of aliphatic hydroxyl groups excluding tert-OH is 1. The summed E-state index contributed by atoms with van der Waals surface area (Å²) in [6.07, 6.45) is 1.55. The van der Waals surface area contributed by atoms with Gasteiger partial charge in [0.2, 0.25) is 0 Å². The number of benzene rings is 3. The van der Waals surface area contributed by atoms with Crippen LogP contribution in [-0.4, -0.2) is 66.3 Å². The largest absolute Gasteiger partial charge is 0.478 e. The van der Waals surface area contributed by atoms with Crippen molar-refractivity contribution in [3.05, 3.63) is 102 Å². The highest BCUT2D eigenvalue weighted by Crippen LogP contribution is 2.28. The van der Waals surface area contributed by atoms with Crippen molar-refractivity contribution in [2.75, 3.05) is 38.1 Å². The predicted octanol–water partition coefficient (Wildman–Crippen LogP) is 5.09. The number of carbonyl (C=O) groups excluding carboxylic acids is 1. The number of rotatable bonds is 9. The Kier molecular flexibility index (Phi) is 12.5. The van der Waals surface area contributed by atoms with Gasteiger partial charge in [0.25, 0.3) is 5.91 Å². The van der Waals surface area contributed by atoms with Crippen molar-refractivity contribution in [3.8, 4) is 0 Å². The summed E-state index contributed by atoms with van der Waals surface area (Å²) >= 11 is 0. The Morgan fingerprint density at radius 1 is 0.974 bits per heavy atom. The summed E-state index contributed by atoms with van der Waals surface area (Å²) in [6.45, 7) is 5.25. The van der Waals surface area contributed by atoms with Gasteiger partial charge in [-0.25, -0.2) is 4.79 Å². The number of nitrogens with one attached hydrogen (secondary N) is 1. The zero-order valence-electron chi connectivity index (χ0n) is 21.6. The minimum atomic E-state index is -0.879. The topological polar surface area (TPSA) is 93.1 Å². The van der Waals surface area contributed by atoms with E-state index in [0.29, 0.717) is 17.7 Å². The summed E-state index contributed by atoms with van der Waals surface area (Å²) in [7, 11) is 2.09. The molecule has 1 amide bonds. The van der Waals surface area contributed by atoms with Gasteiger partial charge in [-0.1, -0.05) is 62.9 Å². The number of likely N-dealkylation sites (tertiary alicyclic amines) is 1. The van der Waals surface area contributed by atoms with Crippen molar-refractivity contribution in [2.24, 2.45) is 0 Å². The number of β-amino-alcohol motifs (C(OH)–C–C–N with tert-alkyl or cyclic N) is 1. The molecular formula is C31H41N3O4. The number of nitrogens with zero attached hydrogens (tertiary/aromatic N) is 2. The summed E-state index contributed by atoms with van der Waals surface area (Å²) in [6, 6.07) is 26.7. The van der Waals surface area contributed by atoms with Gasteiger partial charge < -0.3 is 20.4 Å². The number of aromatic carboxylic acids is 1. The first-order valence-corrected chi connectivity index (χ1v) is 12.7. The Morgan fingerprint density at radius 2 is 1.58 bits per heavy atom. The van der Waals surface area contributed by atoms with E-state index in [-0.39, 0.29) is 25.5 Å². The third-order valence-corrected chi connectivity index (χ3v) is 6.42. The van der Waals surface area contributed by atoms with Crippen molar-refractivity contribution in [1.29, 1.82) is 0 Å². The van der Waals surface area contributed by atoms with Crippen LogP contribution in [0.2, 0.25) is 0 Å². The summed E-state index contributed by atoms with van der Waals surface area (Å²) < 4.78 is 0. The molecule has 3 aromatic carbocycles. The van der Waals surface area contributed by atoms with Crippen molar-refractivity contribution in [3.63, 3.8) is 0 Å². The number of anilines is 1. The van der Waals surface area contributed by atoms with Crippen molar-refractivity contribution in [2.45, 2.75) is 39.3 Å². The first-order chi connectivity index (χ1) is 17.9. The summed E-state index contributed by atoms with van der Waals surface area (Å²) in [5, 5.41) is 21.2. The van der Waals surface area contributed by atoms with Gasteiger partial charge >= 0.3 is 5.97 Å². The van der Waals surface area contributed by atoms with Gasteiger partial charge in [0.15, 0.2) is 0 Å². The van der Waals surface area contributed by atoms with Crippen LogP contribution in [0.25, 0.3) is 0 Å². The lowest BCUT2D eigenvalue weighted by Crippen LogP contribution is -2.36. The van der Waals surface area contributed by atoms with Crippen LogP contribution in [0, 0.1) is 0 Å². The van der Waals surface area contributed by atoms with E-state index in [1.54, 1.807) is 30.3 Å². The molecule has 3 N–H and O–H groups in total. The molecule has 0 aromatic heterocycles. The molecule has 0 spiro atoms. The molecule has 0 bridgehead atoms. The molecule has 3 aromatic rings. The fourth-order valence-corrected chi connectivity index (χ4v) is 4.30. The lowest BCUT2D eigenvalue weighted by atomic mass is 10.0. The molecule has 1 saturated heterocycles. The van der Waals surface area contributed by atoms with Gasteiger partial charge in [-0.05, 0) is 54.8 Å². The molecule has 204 valence electrons. The van der Waals surface area contributed by atoms with E-state index in [4.69, 9.17) is 5.11 Å². The minimum Gasteiger partial charge on any atom is -0.478 e. The predicted molar refractivity (Wildman–Crippen MR) is 154 cm³/mol. The highest BCUT2D eigenvalue weighted by Gasteiger charge is 2.26. The lowest BCUT2D eigenvalue weighted by molar-refractivity contribution is 0.0696. The van der Waals surface area contributed by atoms with Crippen molar-refractivity contribution in [1.82, 2.24) is 10.2 Å². The summed E-state index contributed by atoms with van der Waals surface area (Å²) in [5.41, 5.74) is 3.33. The molecular weight excluding hydrogens is 478 g/mol. The average molecular weight is 520 g/mol. The first-order valence-electron chi connectivity index (χ1n) is 12.7. The Labute approximate surface area is 226 Å². The number of aliphatic hydroxyl groups is 1. The summed E-state index contributed by atoms with van der Waals surface area (Å²) in [5.74, 6) is -0.905. The molecule has 1 aliphatic rings. The van der Waals surface area contributed by atoms with Crippen LogP contribution in [-0.2, 0) is 0 Å². The monoisotopic (exact) mass is 519 g/mol. The zero-order valence-corrected chi connectivity index (χ0v) is 21.6. The molecule has 0 radical (unpaired) electrons. The second-order valence-electron chi connectivity index (χ2n) is 9.21. The third kappa shape index (κ3) is 9.01. The molecule has 7 heteroatoms. The van der Waals surface area contributed by atoms with E-state index < -0.39 is 5.97 Å². The SMILES string of the molecule is C.CCCNC(=O)c1ccc(N(C)[C@H](CN2CC[C@H](O)C2)c2ccccc2)cc1.O=C(O)c1ccccc1. The molecule has 1 aliphatic heterocycles. The fourth-order valence-electron chi connectivity index (χ4n) is 4.30. The van der Waals surface area contributed by atoms with Crippen molar-refractivity contribution >= 4 is 17.6 Å². The van der Waals surface area contributed by atoms with E-state index in [1.165, 1.54) is 5.56 Å². The second kappa shape index (κ2) is 15.5. The smallest absolute Gasteiger partial charge is 0.335 e.